The molecule has 0 radical (unpaired) electrons. The van der Waals surface area contributed by atoms with Gasteiger partial charge in [0, 0.05) is 17.4 Å². The van der Waals surface area contributed by atoms with E-state index in [2.05, 4.69) is 60.5 Å². The minimum absolute atomic E-state index is 0.250. The van der Waals surface area contributed by atoms with Crippen molar-refractivity contribution in [1.82, 2.24) is 15.5 Å². The molecule has 1 aromatic heterocycles. The van der Waals surface area contributed by atoms with Crippen molar-refractivity contribution in [1.29, 1.82) is 0 Å². The Labute approximate surface area is 124 Å². The van der Waals surface area contributed by atoms with Crippen LogP contribution in [-0.2, 0) is 5.75 Å². The number of likely N-dealkylation sites (N-methyl/N-ethyl adjacent to an activating group) is 1. The van der Waals surface area contributed by atoms with Crippen LogP contribution >= 0.6 is 11.8 Å². The van der Waals surface area contributed by atoms with Gasteiger partial charge in [0.05, 0.1) is 5.75 Å². The van der Waals surface area contributed by atoms with Gasteiger partial charge in [0.25, 0.3) is 0 Å². The zero-order valence-electron chi connectivity index (χ0n) is 12.2. The molecular weight excluding hydrogens is 270 g/mol. The topological polar surface area (TPSA) is 51.0 Å². The Balaban J connectivity index is 1.89. The van der Waals surface area contributed by atoms with Gasteiger partial charge in [0.15, 0.2) is 5.82 Å². The summed E-state index contributed by atoms with van der Waals surface area (Å²) in [5.74, 6) is 2.46. The van der Waals surface area contributed by atoms with Gasteiger partial charge in [0.2, 0.25) is 5.89 Å². The lowest BCUT2D eigenvalue weighted by atomic mass is 10.2. The summed E-state index contributed by atoms with van der Waals surface area (Å²) in [7, 11) is 0. The molecule has 0 spiro atoms. The zero-order valence-corrected chi connectivity index (χ0v) is 13.0. The summed E-state index contributed by atoms with van der Waals surface area (Å²) in [5, 5.41) is 7.33. The Morgan fingerprint density at radius 1 is 1.40 bits per heavy atom. The smallest absolute Gasteiger partial charge is 0.230 e. The van der Waals surface area contributed by atoms with Crippen LogP contribution in [0.3, 0.4) is 0 Å². The van der Waals surface area contributed by atoms with Gasteiger partial charge in [-0.15, -0.1) is 11.8 Å². The van der Waals surface area contributed by atoms with Crippen LogP contribution < -0.4 is 5.32 Å². The second-order valence-corrected chi connectivity index (χ2v) is 5.91. The summed E-state index contributed by atoms with van der Waals surface area (Å²) in [6.45, 7) is 8.09. The second kappa shape index (κ2) is 7.45. The third kappa shape index (κ3) is 4.35. The SMILES string of the molecule is CCNCC(C)c1nc(CSc2cccc(C)c2)no1. The number of aromatic nitrogens is 2. The fourth-order valence-corrected chi connectivity index (χ4v) is 2.68. The summed E-state index contributed by atoms with van der Waals surface area (Å²) < 4.78 is 5.32. The highest BCUT2D eigenvalue weighted by atomic mass is 32.2. The van der Waals surface area contributed by atoms with Crippen molar-refractivity contribution in [3.63, 3.8) is 0 Å². The van der Waals surface area contributed by atoms with Crippen molar-refractivity contribution in [2.75, 3.05) is 13.1 Å². The fraction of sp³-hybridized carbons (Fsp3) is 0.467. The van der Waals surface area contributed by atoms with Crippen LogP contribution in [0.2, 0.25) is 0 Å². The molecule has 20 heavy (non-hydrogen) atoms. The Morgan fingerprint density at radius 2 is 2.25 bits per heavy atom. The van der Waals surface area contributed by atoms with Crippen LogP contribution in [0.4, 0.5) is 0 Å². The first-order valence-corrected chi connectivity index (χ1v) is 7.90. The van der Waals surface area contributed by atoms with Crippen LogP contribution in [0.1, 0.15) is 37.0 Å². The normalized spacial score (nSPS) is 12.6. The minimum Gasteiger partial charge on any atom is -0.339 e. The number of nitrogens with zero attached hydrogens (tertiary/aromatic N) is 2. The molecule has 1 atom stereocenters. The molecule has 1 N–H and O–H groups in total. The minimum atomic E-state index is 0.250. The van der Waals surface area contributed by atoms with Crippen molar-refractivity contribution in [2.24, 2.45) is 0 Å². The molecule has 0 aliphatic heterocycles. The lowest BCUT2D eigenvalue weighted by molar-refractivity contribution is 0.352. The number of rotatable bonds is 7. The zero-order chi connectivity index (χ0) is 14.4. The van der Waals surface area contributed by atoms with Crippen molar-refractivity contribution in [3.05, 3.63) is 41.5 Å². The van der Waals surface area contributed by atoms with Crippen LogP contribution in [-0.4, -0.2) is 23.2 Å². The van der Waals surface area contributed by atoms with Crippen LogP contribution in [0.5, 0.6) is 0 Å². The molecule has 2 aromatic rings. The second-order valence-electron chi connectivity index (χ2n) is 4.86. The number of benzene rings is 1. The lowest BCUT2D eigenvalue weighted by Gasteiger charge is -2.05. The lowest BCUT2D eigenvalue weighted by Crippen LogP contribution is -2.19. The van der Waals surface area contributed by atoms with Gasteiger partial charge in [-0.05, 0) is 25.6 Å². The van der Waals surface area contributed by atoms with Gasteiger partial charge in [-0.3, -0.25) is 0 Å². The molecular formula is C15H21N3OS. The molecule has 1 aromatic carbocycles. The van der Waals surface area contributed by atoms with E-state index in [-0.39, 0.29) is 5.92 Å². The maximum atomic E-state index is 5.32. The van der Waals surface area contributed by atoms with Crippen LogP contribution in [0, 0.1) is 6.92 Å². The van der Waals surface area contributed by atoms with Gasteiger partial charge in [-0.2, -0.15) is 4.98 Å². The van der Waals surface area contributed by atoms with Gasteiger partial charge in [0.1, 0.15) is 0 Å². The highest BCUT2D eigenvalue weighted by molar-refractivity contribution is 7.98. The molecule has 5 heteroatoms. The molecule has 1 unspecified atom stereocenters. The predicted molar refractivity (Wildman–Crippen MR) is 82.0 cm³/mol. The van der Waals surface area contributed by atoms with Crippen molar-refractivity contribution in [2.45, 2.75) is 37.3 Å². The van der Waals surface area contributed by atoms with E-state index in [0.717, 1.165) is 24.7 Å². The summed E-state index contributed by atoms with van der Waals surface area (Å²) in [6, 6.07) is 8.43. The third-order valence-corrected chi connectivity index (χ3v) is 3.95. The van der Waals surface area contributed by atoms with Crippen LogP contribution in [0.15, 0.2) is 33.7 Å². The summed E-state index contributed by atoms with van der Waals surface area (Å²) in [5.41, 5.74) is 1.27. The monoisotopic (exact) mass is 291 g/mol. The first-order valence-electron chi connectivity index (χ1n) is 6.91. The molecule has 2 rings (SSSR count). The van der Waals surface area contributed by atoms with Gasteiger partial charge >= 0.3 is 0 Å². The first-order chi connectivity index (χ1) is 9.69. The molecule has 0 saturated heterocycles. The van der Waals surface area contributed by atoms with E-state index in [0.29, 0.717) is 5.89 Å². The van der Waals surface area contributed by atoms with E-state index in [1.54, 1.807) is 11.8 Å². The predicted octanol–water partition coefficient (Wildman–Crippen LogP) is 3.38. The number of thioether (sulfide) groups is 1. The Hall–Kier alpha value is -1.33. The third-order valence-electron chi connectivity index (χ3n) is 2.96. The van der Waals surface area contributed by atoms with Gasteiger partial charge in [-0.25, -0.2) is 0 Å². The summed E-state index contributed by atoms with van der Waals surface area (Å²) >= 11 is 1.73. The van der Waals surface area contributed by atoms with E-state index in [4.69, 9.17) is 4.52 Å². The van der Waals surface area contributed by atoms with Crippen molar-refractivity contribution in [3.8, 4) is 0 Å². The Bertz CT molecular complexity index is 541. The number of hydrogen-bond donors (Lipinski definition) is 1. The van der Waals surface area contributed by atoms with Crippen molar-refractivity contribution < 1.29 is 4.52 Å². The quantitative estimate of drug-likeness (QED) is 0.793. The van der Waals surface area contributed by atoms with Crippen LogP contribution in [0.25, 0.3) is 0 Å². The van der Waals surface area contributed by atoms with E-state index < -0.39 is 0 Å². The number of hydrogen-bond acceptors (Lipinski definition) is 5. The maximum Gasteiger partial charge on any atom is 0.230 e. The summed E-state index contributed by atoms with van der Waals surface area (Å²) in [6.07, 6.45) is 0. The van der Waals surface area contributed by atoms with Crippen molar-refractivity contribution >= 4 is 11.8 Å². The number of aryl methyl sites for hydroxylation is 1. The largest absolute Gasteiger partial charge is 0.339 e. The molecule has 1 heterocycles. The molecule has 0 bridgehead atoms. The maximum absolute atomic E-state index is 5.32. The molecule has 0 aliphatic carbocycles. The molecule has 0 fully saturated rings. The van der Waals surface area contributed by atoms with E-state index in [1.807, 2.05) is 0 Å². The molecule has 0 aliphatic rings. The molecule has 108 valence electrons. The average molecular weight is 291 g/mol. The standard InChI is InChI=1S/C15H21N3OS/c1-4-16-9-12(3)15-17-14(18-19-15)10-20-13-7-5-6-11(2)8-13/h5-8,12,16H,4,9-10H2,1-3H3. The van der Waals surface area contributed by atoms with E-state index >= 15 is 0 Å². The summed E-state index contributed by atoms with van der Waals surface area (Å²) in [4.78, 5) is 5.70. The highest BCUT2D eigenvalue weighted by Crippen LogP contribution is 2.23. The number of nitrogens with one attached hydrogen (secondary N) is 1. The molecule has 0 saturated carbocycles. The highest BCUT2D eigenvalue weighted by Gasteiger charge is 2.13. The van der Waals surface area contributed by atoms with E-state index in [9.17, 15) is 0 Å². The average Bonchev–Trinajstić information content (AvgIpc) is 2.91. The van der Waals surface area contributed by atoms with Gasteiger partial charge < -0.3 is 9.84 Å². The fourth-order valence-electron chi connectivity index (χ4n) is 1.83. The van der Waals surface area contributed by atoms with E-state index in [1.165, 1.54) is 10.5 Å². The first kappa shape index (κ1) is 15.1. The molecule has 0 amide bonds. The van der Waals surface area contributed by atoms with Gasteiger partial charge in [-0.1, -0.05) is 36.7 Å². The Morgan fingerprint density at radius 3 is 3.00 bits per heavy atom. The Kier molecular flexibility index (Phi) is 5.61. The molecule has 4 nitrogen and oxygen atoms in total.